The Morgan fingerprint density at radius 3 is 2.06 bits per heavy atom. The van der Waals surface area contributed by atoms with Gasteiger partial charge < -0.3 is 0 Å². The Balaban J connectivity index is 0.00000289. The van der Waals surface area contributed by atoms with Crippen molar-refractivity contribution in [1.82, 2.24) is 4.90 Å². The fraction of sp³-hybridized carbons (Fsp3) is 0.500. The molecule has 102 valence electrons. The average Bonchev–Trinajstić information content (AvgIpc) is 2.30. The van der Waals surface area contributed by atoms with E-state index in [9.17, 15) is 4.79 Å². The standard InChI is InChI=1S/C14H20INO.ClH/c1-3-9-16(10-4-2)11-14(17)12-5-7-13(15)8-6-12;/h5-8H,3-4,9-11H2,1-2H3;1H. The first-order valence-electron chi connectivity index (χ1n) is 6.18. The highest BCUT2D eigenvalue weighted by Gasteiger charge is 2.10. The fourth-order valence-corrected chi connectivity index (χ4v) is 2.19. The summed E-state index contributed by atoms with van der Waals surface area (Å²) in [7, 11) is 0. The van der Waals surface area contributed by atoms with Crippen molar-refractivity contribution in [3.63, 3.8) is 0 Å². The van der Waals surface area contributed by atoms with Gasteiger partial charge in [0.05, 0.1) is 6.54 Å². The largest absolute Gasteiger partial charge is 0.296 e. The van der Waals surface area contributed by atoms with Gasteiger partial charge in [0.1, 0.15) is 0 Å². The minimum absolute atomic E-state index is 0. The van der Waals surface area contributed by atoms with Crippen molar-refractivity contribution in [2.75, 3.05) is 19.6 Å². The Morgan fingerprint density at radius 1 is 1.11 bits per heavy atom. The maximum absolute atomic E-state index is 12.1. The molecular weight excluding hydrogens is 361 g/mol. The van der Waals surface area contributed by atoms with Crippen LogP contribution in [-0.4, -0.2) is 30.3 Å². The van der Waals surface area contributed by atoms with Crippen molar-refractivity contribution in [3.05, 3.63) is 33.4 Å². The highest BCUT2D eigenvalue weighted by Crippen LogP contribution is 2.08. The van der Waals surface area contributed by atoms with Crippen LogP contribution in [0.1, 0.15) is 37.0 Å². The number of benzene rings is 1. The molecule has 0 radical (unpaired) electrons. The predicted molar refractivity (Wildman–Crippen MR) is 87.8 cm³/mol. The third-order valence-corrected chi connectivity index (χ3v) is 3.33. The van der Waals surface area contributed by atoms with E-state index < -0.39 is 0 Å². The van der Waals surface area contributed by atoms with Crippen LogP contribution in [0, 0.1) is 3.57 Å². The van der Waals surface area contributed by atoms with E-state index in [2.05, 4.69) is 41.3 Å². The molecule has 0 atom stereocenters. The first-order chi connectivity index (χ1) is 8.17. The normalized spacial score (nSPS) is 10.2. The lowest BCUT2D eigenvalue weighted by Gasteiger charge is -2.19. The van der Waals surface area contributed by atoms with E-state index in [1.165, 1.54) is 0 Å². The number of nitrogens with zero attached hydrogens (tertiary/aromatic N) is 1. The van der Waals surface area contributed by atoms with Crippen LogP contribution < -0.4 is 0 Å². The maximum Gasteiger partial charge on any atom is 0.176 e. The number of carbonyl (C=O) groups is 1. The van der Waals surface area contributed by atoms with Gasteiger partial charge in [-0.15, -0.1) is 12.4 Å². The van der Waals surface area contributed by atoms with E-state index in [0.717, 1.165) is 35.1 Å². The van der Waals surface area contributed by atoms with Gasteiger partial charge in [-0.25, -0.2) is 0 Å². The molecule has 1 rings (SSSR count). The van der Waals surface area contributed by atoms with Crippen LogP contribution in [0.5, 0.6) is 0 Å². The van der Waals surface area contributed by atoms with Gasteiger partial charge in [-0.1, -0.05) is 26.0 Å². The summed E-state index contributed by atoms with van der Waals surface area (Å²) in [6.45, 7) is 6.85. The lowest BCUT2D eigenvalue weighted by molar-refractivity contribution is 0.0930. The van der Waals surface area contributed by atoms with Gasteiger partial charge in [-0.3, -0.25) is 9.69 Å². The summed E-state index contributed by atoms with van der Waals surface area (Å²) in [6.07, 6.45) is 2.19. The lowest BCUT2D eigenvalue weighted by Crippen LogP contribution is -2.31. The third kappa shape index (κ3) is 6.16. The number of halogens is 2. The molecule has 4 heteroatoms. The second-order valence-corrected chi connectivity index (χ2v) is 5.45. The predicted octanol–water partition coefficient (Wildman–Crippen LogP) is 4.02. The Kier molecular flexibility index (Phi) is 9.68. The lowest BCUT2D eigenvalue weighted by atomic mass is 10.1. The van der Waals surface area contributed by atoms with Gasteiger partial charge in [0, 0.05) is 9.13 Å². The molecule has 2 nitrogen and oxygen atoms in total. The van der Waals surface area contributed by atoms with E-state index in [1.54, 1.807) is 0 Å². The van der Waals surface area contributed by atoms with E-state index in [-0.39, 0.29) is 18.2 Å². The zero-order valence-electron chi connectivity index (χ0n) is 11.0. The molecule has 0 saturated heterocycles. The minimum Gasteiger partial charge on any atom is -0.296 e. The molecule has 0 aromatic heterocycles. The summed E-state index contributed by atoms with van der Waals surface area (Å²) in [5.74, 6) is 0.225. The summed E-state index contributed by atoms with van der Waals surface area (Å²) < 4.78 is 1.16. The minimum atomic E-state index is 0. The van der Waals surface area contributed by atoms with Crippen molar-refractivity contribution in [2.45, 2.75) is 26.7 Å². The molecular formula is C14H21ClINO. The SMILES string of the molecule is CCCN(CCC)CC(=O)c1ccc(I)cc1.Cl. The molecule has 0 aliphatic heterocycles. The molecule has 0 unspecified atom stereocenters. The molecule has 0 saturated carbocycles. The molecule has 0 bridgehead atoms. The number of rotatable bonds is 7. The first kappa shape index (κ1) is 17.9. The Morgan fingerprint density at radius 2 is 1.61 bits per heavy atom. The van der Waals surface area contributed by atoms with E-state index in [4.69, 9.17) is 0 Å². The molecule has 0 spiro atoms. The Labute approximate surface area is 130 Å². The quantitative estimate of drug-likeness (QED) is 0.525. The van der Waals surface area contributed by atoms with Gasteiger partial charge in [-0.2, -0.15) is 0 Å². The third-order valence-electron chi connectivity index (χ3n) is 2.61. The van der Waals surface area contributed by atoms with Gasteiger partial charge in [-0.05, 0) is 60.7 Å². The average molecular weight is 382 g/mol. The molecule has 0 N–H and O–H groups in total. The highest BCUT2D eigenvalue weighted by molar-refractivity contribution is 14.1. The van der Waals surface area contributed by atoms with E-state index >= 15 is 0 Å². The number of hydrogen-bond acceptors (Lipinski definition) is 2. The number of hydrogen-bond donors (Lipinski definition) is 0. The summed E-state index contributed by atoms with van der Waals surface area (Å²) in [5.41, 5.74) is 0.822. The Hall–Kier alpha value is -0.130. The first-order valence-corrected chi connectivity index (χ1v) is 7.26. The number of carbonyl (C=O) groups excluding carboxylic acids is 1. The van der Waals surface area contributed by atoms with E-state index in [1.807, 2.05) is 24.3 Å². The molecule has 18 heavy (non-hydrogen) atoms. The molecule has 0 heterocycles. The topological polar surface area (TPSA) is 20.3 Å². The van der Waals surface area contributed by atoms with Crippen LogP contribution in [0.25, 0.3) is 0 Å². The smallest absolute Gasteiger partial charge is 0.176 e. The fourth-order valence-electron chi connectivity index (χ4n) is 1.83. The van der Waals surface area contributed by atoms with E-state index in [0.29, 0.717) is 6.54 Å². The molecule has 0 amide bonds. The summed E-state index contributed by atoms with van der Waals surface area (Å²) in [4.78, 5) is 14.3. The summed E-state index contributed by atoms with van der Waals surface area (Å²) in [5, 5.41) is 0. The van der Waals surface area contributed by atoms with Gasteiger partial charge in [0.15, 0.2) is 5.78 Å². The van der Waals surface area contributed by atoms with Crippen molar-refractivity contribution < 1.29 is 4.79 Å². The van der Waals surface area contributed by atoms with Gasteiger partial charge in [0.2, 0.25) is 0 Å². The van der Waals surface area contributed by atoms with Crippen molar-refractivity contribution >= 4 is 40.8 Å². The van der Waals surface area contributed by atoms with Crippen LogP contribution >= 0.6 is 35.0 Å². The highest BCUT2D eigenvalue weighted by atomic mass is 127. The van der Waals surface area contributed by atoms with Gasteiger partial charge >= 0.3 is 0 Å². The number of Topliss-reactive ketones (excluding diaryl/α,β-unsaturated/α-hetero) is 1. The molecule has 1 aromatic carbocycles. The summed E-state index contributed by atoms with van der Waals surface area (Å²) in [6, 6.07) is 7.80. The number of ketones is 1. The second-order valence-electron chi connectivity index (χ2n) is 4.21. The van der Waals surface area contributed by atoms with Crippen LogP contribution in [0.15, 0.2) is 24.3 Å². The van der Waals surface area contributed by atoms with Crippen molar-refractivity contribution in [2.24, 2.45) is 0 Å². The summed E-state index contributed by atoms with van der Waals surface area (Å²) >= 11 is 2.25. The van der Waals surface area contributed by atoms with Crippen LogP contribution in [0.2, 0.25) is 0 Å². The van der Waals surface area contributed by atoms with Crippen molar-refractivity contribution in [3.8, 4) is 0 Å². The second kappa shape index (κ2) is 9.75. The van der Waals surface area contributed by atoms with Crippen LogP contribution in [-0.2, 0) is 0 Å². The van der Waals surface area contributed by atoms with Gasteiger partial charge in [0.25, 0.3) is 0 Å². The molecule has 1 aromatic rings. The van der Waals surface area contributed by atoms with Crippen molar-refractivity contribution in [1.29, 1.82) is 0 Å². The maximum atomic E-state index is 12.1. The zero-order valence-corrected chi connectivity index (χ0v) is 14.0. The van der Waals surface area contributed by atoms with Crippen LogP contribution in [0.4, 0.5) is 0 Å². The Bertz CT molecular complexity index is 347. The zero-order chi connectivity index (χ0) is 12.7. The van der Waals surface area contributed by atoms with Crippen LogP contribution in [0.3, 0.4) is 0 Å². The molecule has 0 fully saturated rings. The molecule has 0 aliphatic carbocycles. The monoisotopic (exact) mass is 381 g/mol. The molecule has 0 aliphatic rings.